The third kappa shape index (κ3) is 5.18. The molecule has 6 rings (SSSR count). The molecule has 0 saturated carbocycles. The second-order valence-electron chi connectivity index (χ2n) is 9.84. The van der Waals surface area contributed by atoms with Gasteiger partial charge in [-0.25, -0.2) is 0 Å². The summed E-state index contributed by atoms with van der Waals surface area (Å²) in [5.41, 5.74) is 4.04. The van der Waals surface area contributed by atoms with E-state index in [1.54, 1.807) is 17.8 Å². The van der Waals surface area contributed by atoms with Gasteiger partial charge in [0.05, 0.1) is 18.9 Å². The Labute approximate surface area is 220 Å². The fourth-order valence-electron chi connectivity index (χ4n) is 5.13. The number of nitrogens with one attached hydrogen (secondary N) is 2. The molecule has 0 aliphatic carbocycles. The molecule has 3 aliphatic heterocycles. The summed E-state index contributed by atoms with van der Waals surface area (Å²) in [6, 6.07) is 16.9. The summed E-state index contributed by atoms with van der Waals surface area (Å²) in [4.78, 5) is 25.3. The van der Waals surface area contributed by atoms with Crippen LogP contribution in [0.3, 0.4) is 0 Å². The number of hydrogen-bond acceptors (Lipinski definition) is 7. The van der Waals surface area contributed by atoms with E-state index in [-0.39, 0.29) is 5.56 Å². The van der Waals surface area contributed by atoms with Crippen molar-refractivity contribution in [2.45, 2.75) is 32.4 Å². The van der Waals surface area contributed by atoms with E-state index in [4.69, 9.17) is 4.74 Å². The Balaban J connectivity index is 1.22. The van der Waals surface area contributed by atoms with Gasteiger partial charge in [0, 0.05) is 62.2 Å². The van der Waals surface area contributed by atoms with Gasteiger partial charge in [0.25, 0.3) is 0 Å². The van der Waals surface area contributed by atoms with E-state index in [0.29, 0.717) is 13.2 Å². The van der Waals surface area contributed by atoms with E-state index < -0.39 is 0 Å². The molecule has 0 unspecified atom stereocenters. The minimum atomic E-state index is -0.0687. The van der Waals surface area contributed by atoms with Crippen LogP contribution in [0, 0.1) is 5.92 Å². The predicted octanol–water partition coefficient (Wildman–Crippen LogP) is 5.25. The highest BCUT2D eigenvalue weighted by molar-refractivity contribution is 8.05. The highest BCUT2D eigenvalue weighted by atomic mass is 32.2. The van der Waals surface area contributed by atoms with Crippen LogP contribution in [0.15, 0.2) is 72.9 Å². The summed E-state index contributed by atoms with van der Waals surface area (Å²) < 4.78 is 5.49. The average molecular weight is 521 g/mol. The molecule has 3 aromatic rings. The quantitative estimate of drug-likeness (QED) is 0.373. The van der Waals surface area contributed by atoms with Crippen LogP contribution in [0.4, 0.5) is 11.4 Å². The molecule has 0 spiro atoms. The molecule has 2 N–H and O–H groups in total. The van der Waals surface area contributed by atoms with E-state index in [1.807, 2.05) is 11.8 Å². The van der Waals surface area contributed by atoms with Gasteiger partial charge in [-0.2, -0.15) is 0 Å². The van der Waals surface area contributed by atoms with Crippen LogP contribution >= 0.6 is 23.5 Å². The van der Waals surface area contributed by atoms with E-state index in [9.17, 15) is 4.79 Å². The van der Waals surface area contributed by atoms with Crippen molar-refractivity contribution in [3.63, 3.8) is 0 Å². The largest absolute Gasteiger partial charge is 0.385 e. The lowest BCUT2D eigenvalue weighted by Crippen LogP contribution is -2.36. The summed E-state index contributed by atoms with van der Waals surface area (Å²) in [6.07, 6.45) is 2.54. The van der Waals surface area contributed by atoms with Crippen molar-refractivity contribution < 1.29 is 4.74 Å². The van der Waals surface area contributed by atoms with Crippen molar-refractivity contribution in [3.05, 3.63) is 58.9 Å². The van der Waals surface area contributed by atoms with Crippen LogP contribution in [0.25, 0.3) is 11.3 Å². The maximum Gasteiger partial charge on any atom is 0.250 e. The molecule has 3 aliphatic rings. The van der Waals surface area contributed by atoms with Gasteiger partial charge in [-0.3, -0.25) is 4.79 Å². The van der Waals surface area contributed by atoms with E-state index in [0.717, 1.165) is 42.5 Å². The smallest absolute Gasteiger partial charge is 0.250 e. The normalized spacial score (nSPS) is 18.5. The Hall–Kier alpha value is -2.39. The number of hydrogen-bond donors (Lipinski definition) is 2. The SMILES string of the molecule is CN1CCC(CNc2ccc3c(c2)Sc2cccc(-c4cc(N5CCOCC5)cc(=O)[nH]4)c2S3)CC1. The lowest BCUT2D eigenvalue weighted by Gasteiger charge is -2.29. The van der Waals surface area contributed by atoms with Crippen LogP contribution in [-0.4, -0.2) is 62.9 Å². The number of pyridine rings is 1. The van der Waals surface area contributed by atoms with E-state index in [2.05, 4.69) is 69.6 Å². The highest BCUT2D eigenvalue weighted by Crippen LogP contribution is 2.52. The third-order valence-electron chi connectivity index (χ3n) is 7.28. The Kier molecular flexibility index (Phi) is 7.02. The summed E-state index contributed by atoms with van der Waals surface area (Å²) in [7, 11) is 2.21. The molecule has 8 heteroatoms. The molecule has 6 nitrogen and oxygen atoms in total. The number of likely N-dealkylation sites (tertiary alicyclic amines) is 1. The Morgan fingerprint density at radius 2 is 1.81 bits per heavy atom. The first-order valence-corrected chi connectivity index (χ1v) is 14.4. The zero-order valence-electron chi connectivity index (χ0n) is 20.6. The van der Waals surface area contributed by atoms with Crippen molar-refractivity contribution >= 4 is 34.9 Å². The van der Waals surface area contributed by atoms with Crippen molar-refractivity contribution in [2.75, 3.05) is 63.2 Å². The Morgan fingerprint density at radius 3 is 2.64 bits per heavy atom. The van der Waals surface area contributed by atoms with Gasteiger partial charge in [0.1, 0.15) is 0 Å². The second-order valence-corrected chi connectivity index (χ2v) is 12.0. The van der Waals surface area contributed by atoms with E-state index in [1.165, 1.54) is 51.2 Å². The van der Waals surface area contributed by atoms with Gasteiger partial charge in [-0.15, -0.1) is 0 Å². The minimum absolute atomic E-state index is 0.0687. The van der Waals surface area contributed by atoms with Gasteiger partial charge in [0.2, 0.25) is 5.56 Å². The van der Waals surface area contributed by atoms with Crippen LogP contribution in [0.5, 0.6) is 0 Å². The summed E-state index contributed by atoms with van der Waals surface area (Å²) in [5, 5.41) is 3.69. The number of piperidine rings is 1. The standard InChI is InChI=1S/C28H32N4O2S2/c1-31-9-7-19(8-10-31)18-29-20-5-6-24-26(15-20)35-25-4-2-3-22(28(25)36-24)23-16-21(17-27(33)30-23)32-11-13-34-14-12-32/h2-6,15-17,19,29H,7-14,18H2,1H3,(H,30,33). The number of aromatic nitrogens is 1. The molecular weight excluding hydrogens is 488 g/mol. The number of rotatable bonds is 5. The molecule has 1 aromatic heterocycles. The average Bonchev–Trinajstić information content (AvgIpc) is 2.91. The topological polar surface area (TPSA) is 60.6 Å². The van der Waals surface area contributed by atoms with Crippen LogP contribution in [0.2, 0.25) is 0 Å². The van der Waals surface area contributed by atoms with Crippen LogP contribution < -0.4 is 15.8 Å². The maximum atomic E-state index is 12.6. The number of fused-ring (bicyclic) bond motifs is 2. The first kappa shape index (κ1) is 24.0. The first-order chi connectivity index (χ1) is 17.6. The molecular formula is C28H32N4O2S2. The number of aromatic amines is 1. The van der Waals surface area contributed by atoms with E-state index >= 15 is 0 Å². The van der Waals surface area contributed by atoms with Gasteiger partial charge < -0.3 is 24.8 Å². The summed E-state index contributed by atoms with van der Waals surface area (Å²) >= 11 is 3.61. The lowest BCUT2D eigenvalue weighted by atomic mass is 9.97. The van der Waals surface area contributed by atoms with Crippen LogP contribution in [0.1, 0.15) is 12.8 Å². The van der Waals surface area contributed by atoms with Crippen molar-refractivity contribution in [2.24, 2.45) is 5.92 Å². The van der Waals surface area contributed by atoms with Gasteiger partial charge in [-0.1, -0.05) is 35.7 Å². The minimum Gasteiger partial charge on any atom is -0.385 e. The number of morpholine rings is 1. The monoisotopic (exact) mass is 520 g/mol. The molecule has 2 saturated heterocycles. The molecule has 0 bridgehead atoms. The molecule has 0 amide bonds. The number of ether oxygens (including phenoxy) is 1. The number of nitrogens with zero attached hydrogens (tertiary/aromatic N) is 2. The molecule has 0 atom stereocenters. The Morgan fingerprint density at radius 1 is 0.972 bits per heavy atom. The maximum absolute atomic E-state index is 12.6. The summed E-state index contributed by atoms with van der Waals surface area (Å²) in [5.74, 6) is 0.748. The third-order valence-corrected chi connectivity index (χ3v) is 9.88. The van der Waals surface area contributed by atoms with Crippen molar-refractivity contribution in [1.29, 1.82) is 0 Å². The Bertz CT molecular complexity index is 1300. The molecule has 2 aromatic carbocycles. The number of anilines is 2. The van der Waals surface area contributed by atoms with Crippen molar-refractivity contribution in [1.82, 2.24) is 9.88 Å². The molecule has 0 radical (unpaired) electrons. The number of benzene rings is 2. The molecule has 188 valence electrons. The van der Waals surface area contributed by atoms with Crippen molar-refractivity contribution in [3.8, 4) is 11.3 Å². The second kappa shape index (κ2) is 10.5. The predicted molar refractivity (Wildman–Crippen MR) is 149 cm³/mol. The van der Waals surface area contributed by atoms with Crippen LogP contribution in [-0.2, 0) is 4.74 Å². The first-order valence-electron chi connectivity index (χ1n) is 12.7. The zero-order chi connectivity index (χ0) is 24.5. The van der Waals surface area contributed by atoms with Gasteiger partial charge >= 0.3 is 0 Å². The highest BCUT2D eigenvalue weighted by Gasteiger charge is 2.23. The van der Waals surface area contributed by atoms with Gasteiger partial charge in [0.15, 0.2) is 0 Å². The number of H-pyrrole nitrogens is 1. The molecule has 4 heterocycles. The molecule has 2 fully saturated rings. The lowest BCUT2D eigenvalue weighted by molar-refractivity contribution is 0.122. The fourth-order valence-corrected chi connectivity index (χ4v) is 7.54. The molecule has 36 heavy (non-hydrogen) atoms. The van der Waals surface area contributed by atoms with Gasteiger partial charge in [-0.05, 0) is 69.2 Å². The zero-order valence-corrected chi connectivity index (χ0v) is 22.2. The fraction of sp³-hybridized carbons (Fsp3) is 0.393. The summed E-state index contributed by atoms with van der Waals surface area (Å²) in [6.45, 7) is 6.44.